The first-order valence-electron chi connectivity index (χ1n) is 8.10. The van der Waals surface area contributed by atoms with Crippen LogP contribution < -0.4 is 0 Å². The normalized spacial score (nSPS) is 29.0. The fourth-order valence-corrected chi connectivity index (χ4v) is 3.72. The van der Waals surface area contributed by atoms with Crippen molar-refractivity contribution >= 4 is 5.91 Å². The van der Waals surface area contributed by atoms with Gasteiger partial charge in [-0.15, -0.1) is 0 Å². The Labute approximate surface area is 133 Å². The summed E-state index contributed by atoms with van der Waals surface area (Å²) in [7, 11) is 0. The molecule has 0 N–H and O–H groups in total. The summed E-state index contributed by atoms with van der Waals surface area (Å²) in [5.74, 6) is -2.42. The molecular weight excluding hydrogens is 304 g/mol. The molecule has 0 unspecified atom stereocenters. The van der Waals surface area contributed by atoms with Crippen molar-refractivity contribution in [2.45, 2.75) is 31.0 Å². The maximum atomic E-state index is 13.3. The second kappa shape index (κ2) is 5.53. The minimum atomic E-state index is -0.856. The average molecular weight is 323 g/mol. The number of carbonyl (C=O) groups is 1. The van der Waals surface area contributed by atoms with E-state index >= 15 is 0 Å². The molecular formula is C17H19F2NO3. The third-order valence-corrected chi connectivity index (χ3v) is 5.02. The molecule has 124 valence electrons. The number of ether oxygens (including phenoxy) is 2. The Morgan fingerprint density at radius 2 is 2.00 bits per heavy atom. The predicted octanol–water partition coefficient (Wildman–Crippen LogP) is 2.43. The highest BCUT2D eigenvalue weighted by atomic mass is 19.2. The maximum Gasteiger partial charge on any atom is 0.226 e. The molecule has 23 heavy (non-hydrogen) atoms. The highest BCUT2D eigenvalue weighted by Gasteiger charge is 2.49. The third-order valence-electron chi connectivity index (χ3n) is 5.02. The van der Waals surface area contributed by atoms with E-state index in [2.05, 4.69) is 0 Å². The van der Waals surface area contributed by atoms with Crippen molar-refractivity contribution in [3.8, 4) is 0 Å². The van der Waals surface area contributed by atoms with E-state index < -0.39 is 17.4 Å². The molecule has 1 aromatic rings. The summed E-state index contributed by atoms with van der Waals surface area (Å²) >= 11 is 0. The molecule has 1 spiro atoms. The monoisotopic (exact) mass is 323 g/mol. The number of nitrogens with zero attached hydrogens (tertiary/aromatic N) is 1. The van der Waals surface area contributed by atoms with Crippen LogP contribution >= 0.6 is 0 Å². The molecule has 0 radical (unpaired) electrons. The standard InChI is InChI=1S/C17H19F2NO3/c18-14-3-2-11(8-15(14)19)12-9-13(12)16(21)20-5-1-4-17(10-20)22-6-7-23-17/h2-3,8,12-13H,1,4-7,9-10H2/t12-,13+/m1/s1. The van der Waals surface area contributed by atoms with Crippen LogP contribution in [0.5, 0.6) is 0 Å². The van der Waals surface area contributed by atoms with Gasteiger partial charge in [-0.2, -0.15) is 0 Å². The van der Waals surface area contributed by atoms with E-state index in [0.717, 1.165) is 18.9 Å². The van der Waals surface area contributed by atoms with E-state index in [4.69, 9.17) is 9.47 Å². The minimum Gasteiger partial charge on any atom is -0.346 e. The number of hydrogen-bond donors (Lipinski definition) is 0. The van der Waals surface area contributed by atoms with Crippen molar-refractivity contribution in [1.29, 1.82) is 0 Å². The van der Waals surface area contributed by atoms with Gasteiger partial charge < -0.3 is 14.4 Å². The van der Waals surface area contributed by atoms with Gasteiger partial charge in [0.15, 0.2) is 17.4 Å². The van der Waals surface area contributed by atoms with Crippen molar-refractivity contribution in [1.82, 2.24) is 4.90 Å². The van der Waals surface area contributed by atoms with Gasteiger partial charge in [0.2, 0.25) is 5.91 Å². The fourth-order valence-electron chi connectivity index (χ4n) is 3.72. The van der Waals surface area contributed by atoms with E-state index in [1.54, 1.807) is 11.0 Å². The first-order valence-corrected chi connectivity index (χ1v) is 8.10. The lowest BCUT2D eigenvalue weighted by atomic mass is 10.0. The van der Waals surface area contributed by atoms with Crippen molar-refractivity contribution in [3.05, 3.63) is 35.4 Å². The molecule has 2 aliphatic heterocycles. The van der Waals surface area contributed by atoms with Crippen LogP contribution in [0.2, 0.25) is 0 Å². The molecule has 3 fully saturated rings. The molecule has 2 atom stereocenters. The van der Waals surface area contributed by atoms with Crippen LogP contribution in [-0.2, 0) is 14.3 Å². The van der Waals surface area contributed by atoms with Gasteiger partial charge in [0.1, 0.15) is 0 Å². The Bertz CT molecular complexity index is 630. The number of rotatable bonds is 2. The zero-order valence-electron chi connectivity index (χ0n) is 12.8. The first-order chi connectivity index (χ1) is 11.1. The summed E-state index contributed by atoms with van der Waals surface area (Å²) in [5.41, 5.74) is 0.697. The van der Waals surface area contributed by atoms with Crippen LogP contribution in [0, 0.1) is 17.6 Å². The lowest BCUT2D eigenvalue weighted by Gasteiger charge is -2.38. The number of carbonyl (C=O) groups excluding carboxylic acids is 1. The number of amides is 1. The molecule has 4 nitrogen and oxygen atoms in total. The van der Waals surface area contributed by atoms with Crippen LogP contribution in [0.15, 0.2) is 18.2 Å². The number of benzene rings is 1. The van der Waals surface area contributed by atoms with Crippen molar-refractivity contribution in [2.24, 2.45) is 5.92 Å². The number of piperidine rings is 1. The Morgan fingerprint density at radius 1 is 1.22 bits per heavy atom. The molecule has 2 saturated heterocycles. The van der Waals surface area contributed by atoms with Gasteiger partial charge in [0, 0.05) is 18.9 Å². The summed E-state index contributed by atoms with van der Waals surface area (Å²) < 4.78 is 37.8. The Balaban J connectivity index is 1.43. The van der Waals surface area contributed by atoms with Gasteiger partial charge in [-0.25, -0.2) is 8.78 Å². The summed E-state index contributed by atoms with van der Waals surface area (Å²) in [6, 6.07) is 3.89. The van der Waals surface area contributed by atoms with Crippen LogP contribution in [0.4, 0.5) is 8.78 Å². The number of likely N-dealkylation sites (tertiary alicyclic amines) is 1. The predicted molar refractivity (Wildman–Crippen MR) is 77.7 cm³/mol. The highest BCUT2D eigenvalue weighted by molar-refractivity contribution is 5.83. The molecule has 4 rings (SSSR count). The molecule has 6 heteroatoms. The van der Waals surface area contributed by atoms with Crippen molar-refractivity contribution < 1.29 is 23.0 Å². The van der Waals surface area contributed by atoms with Crippen molar-refractivity contribution in [2.75, 3.05) is 26.3 Å². The SMILES string of the molecule is O=C([C@H]1C[C@@H]1c1ccc(F)c(F)c1)N1CCCC2(C1)OCCO2. The molecule has 1 amide bonds. The minimum absolute atomic E-state index is 0.0131. The second-order valence-electron chi connectivity index (χ2n) is 6.59. The van der Waals surface area contributed by atoms with Crippen LogP contribution in [0.1, 0.15) is 30.7 Å². The average Bonchev–Trinajstić information content (AvgIpc) is 3.24. The summed E-state index contributed by atoms with van der Waals surface area (Å²) in [5, 5.41) is 0. The van der Waals surface area contributed by atoms with Gasteiger partial charge in [-0.1, -0.05) is 6.07 Å². The zero-order valence-corrected chi connectivity index (χ0v) is 12.8. The summed E-state index contributed by atoms with van der Waals surface area (Å²) in [6.07, 6.45) is 2.36. The largest absolute Gasteiger partial charge is 0.346 e. The van der Waals surface area contributed by atoms with E-state index in [0.29, 0.717) is 38.3 Å². The molecule has 1 saturated carbocycles. The number of halogens is 2. The molecule has 1 aliphatic carbocycles. The maximum absolute atomic E-state index is 13.3. The fraction of sp³-hybridized carbons (Fsp3) is 0.588. The van der Waals surface area contributed by atoms with Gasteiger partial charge in [0.05, 0.1) is 19.8 Å². The van der Waals surface area contributed by atoms with E-state index in [9.17, 15) is 13.6 Å². The quantitative estimate of drug-likeness (QED) is 0.839. The molecule has 2 heterocycles. The third kappa shape index (κ3) is 2.74. The Kier molecular flexibility index (Phi) is 3.61. The lowest BCUT2D eigenvalue weighted by molar-refractivity contribution is -0.193. The molecule has 1 aromatic carbocycles. The van der Waals surface area contributed by atoms with E-state index in [-0.39, 0.29) is 17.7 Å². The van der Waals surface area contributed by atoms with E-state index in [1.165, 1.54) is 6.07 Å². The van der Waals surface area contributed by atoms with E-state index in [1.807, 2.05) is 0 Å². The van der Waals surface area contributed by atoms with Crippen LogP contribution in [0.25, 0.3) is 0 Å². The van der Waals surface area contributed by atoms with Crippen LogP contribution in [0.3, 0.4) is 0 Å². The highest BCUT2D eigenvalue weighted by Crippen LogP contribution is 2.49. The van der Waals surface area contributed by atoms with Crippen molar-refractivity contribution in [3.63, 3.8) is 0 Å². The van der Waals surface area contributed by atoms with Gasteiger partial charge in [-0.3, -0.25) is 4.79 Å². The molecule has 0 bridgehead atoms. The van der Waals surface area contributed by atoms with Crippen LogP contribution in [-0.4, -0.2) is 42.9 Å². The summed E-state index contributed by atoms with van der Waals surface area (Å²) in [6.45, 7) is 2.31. The second-order valence-corrected chi connectivity index (χ2v) is 6.59. The zero-order chi connectivity index (χ0) is 16.0. The lowest BCUT2D eigenvalue weighted by Crippen LogP contribution is -2.51. The molecule has 3 aliphatic rings. The Hall–Kier alpha value is -1.53. The van der Waals surface area contributed by atoms with Gasteiger partial charge >= 0.3 is 0 Å². The smallest absolute Gasteiger partial charge is 0.226 e. The van der Waals surface area contributed by atoms with Gasteiger partial charge in [0.25, 0.3) is 0 Å². The van der Waals surface area contributed by atoms with Gasteiger partial charge in [-0.05, 0) is 36.5 Å². The molecule has 0 aromatic heterocycles. The Morgan fingerprint density at radius 3 is 2.74 bits per heavy atom. The first kappa shape index (κ1) is 15.0. The number of hydrogen-bond acceptors (Lipinski definition) is 3. The summed E-state index contributed by atoms with van der Waals surface area (Å²) in [4.78, 5) is 14.5. The topological polar surface area (TPSA) is 38.8 Å².